The summed E-state index contributed by atoms with van der Waals surface area (Å²) in [5.74, 6) is 0.843. The molecule has 106 valence electrons. The van der Waals surface area contributed by atoms with E-state index in [-0.39, 0.29) is 6.10 Å². The Bertz CT molecular complexity index is 332. The van der Waals surface area contributed by atoms with Crippen molar-refractivity contribution in [3.05, 3.63) is 35.9 Å². The molecule has 1 aromatic rings. The Balaban J connectivity index is 1.55. The quantitative estimate of drug-likeness (QED) is 0.790. The van der Waals surface area contributed by atoms with Crippen LogP contribution in [0.3, 0.4) is 0 Å². The molecule has 0 bridgehead atoms. The summed E-state index contributed by atoms with van der Waals surface area (Å²) >= 11 is 0. The van der Waals surface area contributed by atoms with Gasteiger partial charge < -0.3 is 10.4 Å². The van der Waals surface area contributed by atoms with Crippen LogP contribution in [-0.4, -0.2) is 24.3 Å². The monoisotopic (exact) mass is 261 g/mol. The van der Waals surface area contributed by atoms with Gasteiger partial charge in [0.2, 0.25) is 0 Å². The second-order valence-corrected chi connectivity index (χ2v) is 5.84. The fourth-order valence-electron chi connectivity index (χ4n) is 2.93. The third-order valence-corrected chi connectivity index (χ3v) is 4.15. The minimum absolute atomic E-state index is 0.219. The number of hydrogen-bond acceptors (Lipinski definition) is 2. The summed E-state index contributed by atoms with van der Waals surface area (Å²) < 4.78 is 0. The summed E-state index contributed by atoms with van der Waals surface area (Å²) in [5.41, 5.74) is 1.31. The summed E-state index contributed by atoms with van der Waals surface area (Å²) in [6, 6.07) is 10.4. The van der Waals surface area contributed by atoms with Crippen molar-refractivity contribution in [2.24, 2.45) is 5.92 Å². The Morgan fingerprint density at radius 1 is 1.11 bits per heavy atom. The average Bonchev–Trinajstić information content (AvgIpc) is 2.47. The van der Waals surface area contributed by atoms with Gasteiger partial charge in [-0.2, -0.15) is 0 Å². The van der Waals surface area contributed by atoms with E-state index in [0.717, 1.165) is 31.8 Å². The Labute approximate surface area is 117 Å². The van der Waals surface area contributed by atoms with Crippen LogP contribution in [0.25, 0.3) is 0 Å². The van der Waals surface area contributed by atoms with Gasteiger partial charge in [-0.05, 0) is 43.7 Å². The summed E-state index contributed by atoms with van der Waals surface area (Å²) in [6.07, 6.45) is 8.53. The molecule has 19 heavy (non-hydrogen) atoms. The number of rotatable bonds is 7. The second-order valence-electron chi connectivity index (χ2n) is 5.84. The lowest BCUT2D eigenvalue weighted by atomic mass is 9.89. The fourth-order valence-corrected chi connectivity index (χ4v) is 2.93. The minimum atomic E-state index is -0.219. The standard InChI is InChI=1S/C17H27NO/c19-17(12-11-15-7-3-1-4-8-15)14-18-13-16-9-5-2-6-10-16/h1,3-4,7-8,16-19H,2,5-6,9-14H2. The third kappa shape index (κ3) is 5.75. The number of aryl methyl sites for hydroxylation is 1. The van der Waals surface area contributed by atoms with Crippen molar-refractivity contribution < 1.29 is 5.11 Å². The van der Waals surface area contributed by atoms with E-state index in [1.54, 1.807) is 0 Å². The minimum Gasteiger partial charge on any atom is -0.392 e. The van der Waals surface area contributed by atoms with Crippen molar-refractivity contribution in [3.63, 3.8) is 0 Å². The van der Waals surface area contributed by atoms with Crippen LogP contribution < -0.4 is 5.32 Å². The third-order valence-electron chi connectivity index (χ3n) is 4.15. The number of benzene rings is 1. The smallest absolute Gasteiger partial charge is 0.0667 e. The first kappa shape index (κ1) is 14.5. The van der Waals surface area contributed by atoms with Crippen molar-refractivity contribution in [2.75, 3.05) is 13.1 Å². The average molecular weight is 261 g/mol. The van der Waals surface area contributed by atoms with E-state index in [2.05, 4.69) is 29.6 Å². The lowest BCUT2D eigenvalue weighted by Gasteiger charge is -2.22. The predicted octanol–water partition coefficient (Wildman–Crippen LogP) is 3.15. The SMILES string of the molecule is OC(CCc1ccccc1)CNCC1CCCCC1. The van der Waals surface area contributed by atoms with Gasteiger partial charge in [0.15, 0.2) is 0 Å². The molecule has 2 N–H and O–H groups in total. The maximum absolute atomic E-state index is 9.98. The van der Waals surface area contributed by atoms with E-state index in [4.69, 9.17) is 0 Å². The molecule has 0 saturated heterocycles. The van der Waals surface area contributed by atoms with Crippen molar-refractivity contribution in [1.29, 1.82) is 0 Å². The Morgan fingerprint density at radius 3 is 2.58 bits per heavy atom. The van der Waals surface area contributed by atoms with Crippen LogP contribution in [-0.2, 0) is 6.42 Å². The zero-order valence-corrected chi connectivity index (χ0v) is 11.9. The summed E-state index contributed by atoms with van der Waals surface area (Å²) in [5, 5.41) is 13.4. The topological polar surface area (TPSA) is 32.3 Å². The maximum Gasteiger partial charge on any atom is 0.0667 e. The lowest BCUT2D eigenvalue weighted by molar-refractivity contribution is 0.158. The molecular formula is C17H27NO. The molecular weight excluding hydrogens is 234 g/mol. The van der Waals surface area contributed by atoms with Crippen LogP contribution in [0.5, 0.6) is 0 Å². The van der Waals surface area contributed by atoms with Gasteiger partial charge in [-0.25, -0.2) is 0 Å². The van der Waals surface area contributed by atoms with Crippen LogP contribution >= 0.6 is 0 Å². The van der Waals surface area contributed by atoms with E-state index in [0.29, 0.717) is 0 Å². The number of hydrogen-bond donors (Lipinski definition) is 2. The Morgan fingerprint density at radius 2 is 1.84 bits per heavy atom. The van der Waals surface area contributed by atoms with Gasteiger partial charge in [0, 0.05) is 6.54 Å². The van der Waals surface area contributed by atoms with E-state index in [1.165, 1.54) is 37.7 Å². The lowest BCUT2D eigenvalue weighted by Crippen LogP contribution is -2.32. The molecule has 0 radical (unpaired) electrons. The first-order chi connectivity index (χ1) is 9.34. The molecule has 1 aromatic carbocycles. The maximum atomic E-state index is 9.98. The van der Waals surface area contributed by atoms with Crippen LogP contribution in [0.2, 0.25) is 0 Å². The van der Waals surface area contributed by atoms with Gasteiger partial charge in [-0.1, -0.05) is 49.6 Å². The normalized spacial score (nSPS) is 18.4. The molecule has 2 heteroatoms. The molecule has 1 aliphatic rings. The summed E-state index contributed by atoms with van der Waals surface area (Å²) in [7, 11) is 0. The van der Waals surface area contributed by atoms with Crippen molar-refractivity contribution >= 4 is 0 Å². The van der Waals surface area contributed by atoms with Gasteiger partial charge in [-0.15, -0.1) is 0 Å². The van der Waals surface area contributed by atoms with E-state index in [9.17, 15) is 5.11 Å². The van der Waals surface area contributed by atoms with Crippen LogP contribution in [0.4, 0.5) is 0 Å². The molecule has 2 rings (SSSR count). The molecule has 0 heterocycles. The summed E-state index contributed by atoms with van der Waals surface area (Å²) in [6.45, 7) is 1.83. The molecule has 2 nitrogen and oxygen atoms in total. The predicted molar refractivity (Wildman–Crippen MR) is 80.2 cm³/mol. The van der Waals surface area contributed by atoms with E-state index in [1.807, 2.05) is 6.07 Å². The molecule has 0 spiro atoms. The highest BCUT2D eigenvalue weighted by Crippen LogP contribution is 2.22. The number of nitrogens with one attached hydrogen (secondary N) is 1. The van der Waals surface area contributed by atoms with Gasteiger partial charge in [0.25, 0.3) is 0 Å². The second kappa shape index (κ2) is 8.34. The molecule has 0 amide bonds. The highest BCUT2D eigenvalue weighted by molar-refractivity contribution is 5.14. The van der Waals surface area contributed by atoms with Gasteiger partial charge in [0.05, 0.1) is 6.10 Å². The molecule has 0 aliphatic heterocycles. The fraction of sp³-hybridized carbons (Fsp3) is 0.647. The van der Waals surface area contributed by atoms with Gasteiger partial charge >= 0.3 is 0 Å². The van der Waals surface area contributed by atoms with Gasteiger partial charge in [0.1, 0.15) is 0 Å². The highest BCUT2D eigenvalue weighted by Gasteiger charge is 2.13. The van der Waals surface area contributed by atoms with Crippen LogP contribution in [0.1, 0.15) is 44.1 Å². The molecule has 1 fully saturated rings. The van der Waals surface area contributed by atoms with Crippen LogP contribution in [0, 0.1) is 5.92 Å². The first-order valence-corrected chi connectivity index (χ1v) is 7.77. The van der Waals surface area contributed by atoms with E-state index >= 15 is 0 Å². The molecule has 0 aromatic heterocycles. The van der Waals surface area contributed by atoms with Crippen molar-refractivity contribution in [1.82, 2.24) is 5.32 Å². The van der Waals surface area contributed by atoms with Crippen LogP contribution in [0.15, 0.2) is 30.3 Å². The Hall–Kier alpha value is -0.860. The summed E-state index contributed by atoms with van der Waals surface area (Å²) in [4.78, 5) is 0. The zero-order chi connectivity index (χ0) is 13.3. The molecule has 1 atom stereocenters. The van der Waals surface area contributed by atoms with Crippen molar-refractivity contribution in [3.8, 4) is 0 Å². The van der Waals surface area contributed by atoms with Crippen molar-refractivity contribution in [2.45, 2.75) is 51.0 Å². The molecule has 1 unspecified atom stereocenters. The number of aliphatic hydroxyl groups is 1. The number of aliphatic hydroxyl groups excluding tert-OH is 1. The highest BCUT2D eigenvalue weighted by atomic mass is 16.3. The molecule has 1 aliphatic carbocycles. The zero-order valence-electron chi connectivity index (χ0n) is 11.9. The largest absolute Gasteiger partial charge is 0.392 e. The van der Waals surface area contributed by atoms with E-state index < -0.39 is 0 Å². The Kier molecular flexibility index (Phi) is 6.38. The van der Waals surface area contributed by atoms with Gasteiger partial charge in [-0.3, -0.25) is 0 Å². The first-order valence-electron chi connectivity index (χ1n) is 7.77. The molecule has 1 saturated carbocycles.